The number of unbranched alkanes of at least 4 members (excludes halogenated alkanes) is 9. The summed E-state index contributed by atoms with van der Waals surface area (Å²) >= 11 is 0. The van der Waals surface area contributed by atoms with E-state index in [4.69, 9.17) is 23.8 Å². The molecule has 15 nitrogen and oxygen atoms in total. The molecule has 57 heavy (non-hydrogen) atoms. The summed E-state index contributed by atoms with van der Waals surface area (Å²) < 4.78 is 47.5. The molecular weight excluding hydrogens is 782 g/mol. The van der Waals surface area contributed by atoms with Crippen LogP contribution in [0.3, 0.4) is 0 Å². The number of carbonyl (C=O) groups is 2. The smallest absolute Gasteiger partial charge is 0.462 e. The maximum atomic E-state index is 12.6. The van der Waals surface area contributed by atoms with Gasteiger partial charge in [-0.2, -0.15) is 0 Å². The van der Waals surface area contributed by atoms with E-state index in [2.05, 4.69) is 29.8 Å². The molecule has 0 aromatic heterocycles. The van der Waals surface area contributed by atoms with Gasteiger partial charge in [-0.05, 0) is 38.0 Å². The Balaban J connectivity index is 4.81. The number of esters is 2. The van der Waals surface area contributed by atoms with E-state index < -0.39 is 78.4 Å². The summed E-state index contributed by atoms with van der Waals surface area (Å²) in [5.74, 6) is -0.538. The lowest BCUT2D eigenvalue weighted by Crippen LogP contribution is -2.30. The molecular formula is C40H72O15P2. The number of allylic oxidation sites excluding steroid dienone is 6. The highest BCUT2D eigenvalue weighted by molar-refractivity contribution is 7.47. The summed E-state index contributed by atoms with van der Waals surface area (Å²) in [6, 6.07) is 0. The average molecular weight is 855 g/mol. The van der Waals surface area contributed by atoms with E-state index in [1.807, 2.05) is 24.3 Å². The van der Waals surface area contributed by atoms with Crippen molar-refractivity contribution in [2.75, 3.05) is 26.4 Å². The van der Waals surface area contributed by atoms with Crippen molar-refractivity contribution in [3.8, 4) is 0 Å². The Morgan fingerprint density at radius 2 is 1.11 bits per heavy atom. The molecule has 0 saturated carbocycles. The Kier molecular flexibility index (Phi) is 33.6. The van der Waals surface area contributed by atoms with Gasteiger partial charge in [-0.3, -0.25) is 23.2 Å². The van der Waals surface area contributed by atoms with Crippen molar-refractivity contribution in [1.29, 1.82) is 0 Å². The molecule has 0 radical (unpaired) electrons. The van der Waals surface area contributed by atoms with Gasteiger partial charge >= 0.3 is 27.6 Å². The van der Waals surface area contributed by atoms with Gasteiger partial charge in [-0.15, -0.1) is 0 Å². The maximum Gasteiger partial charge on any atom is 0.472 e. The molecule has 0 amide bonds. The zero-order chi connectivity index (χ0) is 42.8. The van der Waals surface area contributed by atoms with Gasteiger partial charge in [0.1, 0.15) is 12.7 Å². The number of phosphoric acid groups is 2. The van der Waals surface area contributed by atoms with E-state index in [9.17, 15) is 38.9 Å². The quantitative estimate of drug-likeness (QED) is 0.0152. The monoisotopic (exact) mass is 854 g/mol. The number of aliphatic hydroxyl groups excluding tert-OH is 3. The third kappa shape index (κ3) is 39.2. The van der Waals surface area contributed by atoms with Crippen molar-refractivity contribution in [2.45, 2.75) is 161 Å². The van der Waals surface area contributed by atoms with Crippen molar-refractivity contribution >= 4 is 27.6 Å². The molecule has 0 aromatic carbocycles. The van der Waals surface area contributed by atoms with Crippen LogP contribution >= 0.6 is 15.6 Å². The predicted molar refractivity (Wildman–Crippen MR) is 219 cm³/mol. The lowest BCUT2D eigenvalue weighted by molar-refractivity contribution is -0.161. The number of hydrogen-bond acceptors (Lipinski definition) is 12. The third-order valence-corrected chi connectivity index (χ3v) is 9.78. The molecule has 6 N–H and O–H groups in total. The van der Waals surface area contributed by atoms with E-state index >= 15 is 0 Å². The first-order valence-corrected chi connectivity index (χ1v) is 23.4. The SMILES string of the molecule is CCCCC[C@@H](O)/C=C/C=C\C/C=C\C=C\[C@@H](O)CCCC(=O)O[C@H](COC(=O)CCCCCCCCCCC(C)C)COP(=O)(O)OC[C@@H](O)COP(=O)(O)O. The number of rotatable bonds is 37. The van der Waals surface area contributed by atoms with Crippen molar-refractivity contribution in [2.24, 2.45) is 5.92 Å². The molecule has 0 heterocycles. The van der Waals surface area contributed by atoms with Crippen molar-refractivity contribution in [3.63, 3.8) is 0 Å². The van der Waals surface area contributed by atoms with Crippen LogP contribution in [-0.4, -0.2) is 92.8 Å². The summed E-state index contributed by atoms with van der Waals surface area (Å²) in [5, 5.41) is 29.9. The lowest BCUT2D eigenvalue weighted by atomic mass is 10.0. The molecule has 0 bridgehead atoms. The standard InChI is InChI=1S/C40H72O15P2/c1-4-5-17-24-35(41)25-19-14-10-8-11-15-20-26-36(42)27-22-29-40(45)55-38(33-54-57(49,50)53-31-37(43)30-52-56(46,47)48)32-51-39(44)28-21-16-12-7-6-9-13-18-23-34(2)3/h10-11,14-15,19-20,25-26,34-38,41-43H,4-9,12-13,16-18,21-24,27-33H2,1-3H3,(H,49,50)(H2,46,47,48)/b14-10-,15-11-,25-19+,26-20+/t35-,36-,37+,38-/m1/s1. The third-order valence-electron chi connectivity index (χ3n) is 8.35. The fourth-order valence-corrected chi connectivity index (χ4v) is 6.31. The van der Waals surface area contributed by atoms with E-state index in [1.54, 1.807) is 24.3 Å². The highest BCUT2D eigenvalue weighted by atomic mass is 31.2. The number of phosphoric ester groups is 2. The van der Waals surface area contributed by atoms with Gasteiger partial charge in [0.15, 0.2) is 6.10 Å². The zero-order valence-electron chi connectivity index (χ0n) is 34.3. The van der Waals surface area contributed by atoms with Gasteiger partial charge in [0.05, 0.1) is 32.0 Å². The Morgan fingerprint density at radius 3 is 1.68 bits per heavy atom. The second kappa shape index (κ2) is 34.8. The van der Waals surface area contributed by atoms with Gasteiger partial charge in [0, 0.05) is 12.8 Å². The van der Waals surface area contributed by atoms with Crippen LogP contribution < -0.4 is 0 Å². The van der Waals surface area contributed by atoms with Crippen LogP contribution in [-0.2, 0) is 41.8 Å². The molecule has 17 heteroatoms. The van der Waals surface area contributed by atoms with Crippen LogP contribution in [0.15, 0.2) is 48.6 Å². The van der Waals surface area contributed by atoms with Crippen LogP contribution in [0.5, 0.6) is 0 Å². The maximum absolute atomic E-state index is 12.6. The minimum absolute atomic E-state index is 0.117. The van der Waals surface area contributed by atoms with E-state index in [1.165, 1.54) is 25.7 Å². The number of carbonyl (C=O) groups excluding carboxylic acids is 2. The fourth-order valence-electron chi connectivity index (χ4n) is 5.16. The largest absolute Gasteiger partial charge is 0.472 e. The second-order valence-corrected chi connectivity index (χ2v) is 17.1. The molecule has 0 fully saturated rings. The molecule has 0 spiro atoms. The Morgan fingerprint density at radius 1 is 0.596 bits per heavy atom. The zero-order valence-corrected chi connectivity index (χ0v) is 36.1. The van der Waals surface area contributed by atoms with Crippen molar-refractivity contribution in [1.82, 2.24) is 0 Å². The highest BCUT2D eigenvalue weighted by Crippen LogP contribution is 2.43. The van der Waals surface area contributed by atoms with Crippen LogP contribution in [0.2, 0.25) is 0 Å². The summed E-state index contributed by atoms with van der Waals surface area (Å²) in [7, 11) is -9.76. The Bertz CT molecular complexity index is 1250. The summed E-state index contributed by atoms with van der Waals surface area (Å²) in [6.45, 7) is 3.62. The fraction of sp³-hybridized carbons (Fsp3) is 0.750. The lowest BCUT2D eigenvalue weighted by Gasteiger charge is -2.20. The van der Waals surface area contributed by atoms with Crippen LogP contribution in [0, 0.1) is 5.92 Å². The summed E-state index contributed by atoms with van der Waals surface area (Å²) in [5.41, 5.74) is 0. The average Bonchev–Trinajstić information content (AvgIpc) is 3.14. The molecule has 0 aliphatic heterocycles. The van der Waals surface area contributed by atoms with Gasteiger partial charge in [-0.1, -0.05) is 140 Å². The Labute approximate surface area is 340 Å². The molecule has 1 unspecified atom stereocenters. The van der Waals surface area contributed by atoms with E-state index in [0.29, 0.717) is 12.8 Å². The molecule has 0 rings (SSSR count). The molecule has 0 aromatic rings. The van der Waals surface area contributed by atoms with E-state index in [0.717, 1.165) is 57.3 Å². The summed E-state index contributed by atoms with van der Waals surface area (Å²) in [4.78, 5) is 52.5. The molecule has 5 atom stereocenters. The topological polar surface area (TPSA) is 236 Å². The van der Waals surface area contributed by atoms with Crippen molar-refractivity contribution in [3.05, 3.63) is 48.6 Å². The van der Waals surface area contributed by atoms with Crippen LogP contribution in [0.1, 0.15) is 136 Å². The Hall–Kier alpha value is -2.00. The predicted octanol–water partition coefficient (Wildman–Crippen LogP) is 7.69. The van der Waals surface area contributed by atoms with E-state index in [-0.39, 0.29) is 25.7 Å². The number of hydrogen-bond donors (Lipinski definition) is 6. The second-order valence-electron chi connectivity index (χ2n) is 14.4. The summed E-state index contributed by atoms with van der Waals surface area (Å²) in [6.07, 6.45) is 24.9. The number of aliphatic hydroxyl groups is 3. The molecule has 0 aliphatic rings. The molecule has 0 saturated heterocycles. The van der Waals surface area contributed by atoms with Crippen LogP contribution in [0.4, 0.5) is 0 Å². The molecule has 332 valence electrons. The van der Waals surface area contributed by atoms with Gasteiger partial charge in [0.25, 0.3) is 0 Å². The molecule has 0 aliphatic carbocycles. The first-order chi connectivity index (χ1) is 27.0. The first kappa shape index (κ1) is 55.0. The van der Waals surface area contributed by atoms with Crippen molar-refractivity contribution < 1.29 is 71.8 Å². The minimum atomic E-state index is -4.89. The van der Waals surface area contributed by atoms with Gasteiger partial charge in [-0.25, -0.2) is 9.13 Å². The van der Waals surface area contributed by atoms with Gasteiger partial charge in [0.2, 0.25) is 0 Å². The first-order valence-electron chi connectivity index (χ1n) is 20.4. The highest BCUT2D eigenvalue weighted by Gasteiger charge is 2.28. The number of ether oxygens (including phenoxy) is 2. The minimum Gasteiger partial charge on any atom is -0.462 e. The normalized spacial score (nSPS) is 15.8. The van der Waals surface area contributed by atoms with Gasteiger partial charge < -0.3 is 39.5 Å². The van der Waals surface area contributed by atoms with Crippen LogP contribution in [0.25, 0.3) is 0 Å².